The molecule has 3 rings (SSSR count). The maximum atomic E-state index is 12.6. The molecule has 0 aliphatic carbocycles. The second-order valence-corrected chi connectivity index (χ2v) is 6.72. The van der Waals surface area contributed by atoms with Gasteiger partial charge in [-0.1, -0.05) is 0 Å². The third-order valence-corrected chi connectivity index (χ3v) is 4.46. The normalized spacial score (nSPS) is 14.0. The van der Waals surface area contributed by atoms with Gasteiger partial charge in [0.25, 0.3) is 5.91 Å². The molecule has 1 aliphatic rings. The molecule has 0 atom stereocenters. The van der Waals surface area contributed by atoms with E-state index >= 15 is 0 Å². The summed E-state index contributed by atoms with van der Waals surface area (Å²) in [4.78, 5) is 38.1. The van der Waals surface area contributed by atoms with Gasteiger partial charge in [0.2, 0.25) is 12.4 Å². The Morgan fingerprint density at radius 2 is 1.78 bits per heavy atom. The molecule has 2 amide bonds. The van der Waals surface area contributed by atoms with Crippen molar-refractivity contribution in [3.63, 3.8) is 0 Å². The molecule has 8 heteroatoms. The van der Waals surface area contributed by atoms with Gasteiger partial charge in [-0.2, -0.15) is 0 Å². The minimum Gasteiger partial charge on any atom is -0.378 e. The van der Waals surface area contributed by atoms with E-state index in [0.717, 1.165) is 17.8 Å². The summed E-state index contributed by atoms with van der Waals surface area (Å²) in [6.07, 6.45) is 0.856. The Bertz CT molecular complexity index is 813. The van der Waals surface area contributed by atoms with Crippen LogP contribution in [-0.2, 0) is 4.79 Å². The minimum absolute atomic E-state index is 0.272. The van der Waals surface area contributed by atoms with E-state index in [1.165, 1.54) is 0 Å². The van der Waals surface area contributed by atoms with Crippen LogP contribution in [-0.4, -0.2) is 67.5 Å². The molecule has 1 aliphatic heterocycles. The Balaban J connectivity index is 1.73. The monoisotopic (exact) mass is 368 g/mol. The van der Waals surface area contributed by atoms with E-state index in [4.69, 9.17) is 0 Å². The Labute approximate surface area is 158 Å². The number of carbonyl (C=O) groups excluding carboxylic acids is 2. The Morgan fingerprint density at radius 3 is 2.37 bits per heavy atom. The van der Waals surface area contributed by atoms with Crippen LogP contribution in [0.4, 0.5) is 17.3 Å². The van der Waals surface area contributed by atoms with Crippen LogP contribution in [0.25, 0.3) is 0 Å². The van der Waals surface area contributed by atoms with Gasteiger partial charge in [0, 0.05) is 57.3 Å². The van der Waals surface area contributed by atoms with E-state index in [0.29, 0.717) is 43.5 Å². The van der Waals surface area contributed by atoms with Crippen molar-refractivity contribution in [2.24, 2.45) is 0 Å². The van der Waals surface area contributed by atoms with Gasteiger partial charge in [0.05, 0.1) is 0 Å². The lowest BCUT2D eigenvalue weighted by Crippen LogP contribution is -2.46. The average Bonchev–Trinajstić information content (AvgIpc) is 2.68. The highest BCUT2D eigenvalue weighted by Gasteiger charge is 2.20. The molecule has 1 aromatic heterocycles. The zero-order chi connectivity index (χ0) is 19.4. The summed E-state index contributed by atoms with van der Waals surface area (Å²) in [5, 5.41) is 2.88. The zero-order valence-corrected chi connectivity index (χ0v) is 15.8. The summed E-state index contributed by atoms with van der Waals surface area (Å²) in [7, 11) is 3.93. The van der Waals surface area contributed by atoms with Crippen LogP contribution in [0.5, 0.6) is 0 Å². The summed E-state index contributed by atoms with van der Waals surface area (Å²) < 4.78 is 0. The van der Waals surface area contributed by atoms with Gasteiger partial charge < -0.3 is 20.0 Å². The molecular formula is C19H24N6O2. The van der Waals surface area contributed by atoms with Crippen molar-refractivity contribution in [2.45, 2.75) is 6.92 Å². The van der Waals surface area contributed by atoms with Crippen LogP contribution in [0.3, 0.4) is 0 Å². The van der Waals surface area contributed by atoms with Crippen LogP contribution >= 0.6 is 0 Å². The Kier molecular flexibility index (Phi) is 5.54. The van der Waals surface area contributed by atoms with Crippen LogP contribution < -0.4 is 15.1 Å². The van der Waals surface area contributed by atoms with Crippen molar-refractivity contribution >= 4 is 29.6 Å². The number of aromatic nitrogens is 2. The SMILES string of the molecule is Cc1cc(C(=O)Nc2ccc(N(C)C)cc2)nc(N2CCN(C=O)CC2)n1. The second kappa shape index (κ2) is 8.03. The topological polar surface area (TPSA) is 81.7 Å². The molecule has 2 heterocycles. The largest absolute Gasteiger partial charge is 0.378 e. The highest BCUT2D eigenvalue weighted by Crippen LogP contribution is 2.17. The standard InChI is InChI=1S/C19H24N6O2/c1-14-12-17(18(27)21-15-4-6-16(7-5-15)23(2)3)22-19(20-14)25-10-8-24(13-26)9-11-25/h4-7,12-13H,8-11H2,1-3H3,(H,21,27). The van der Waals surface area contributed by atoms with Crippen LogP contribution in [0.2, 0.25) is 0 Å². The summed E-state index contributed by atoms with van der Waals surface area (Å²) in [5.41, 5.74) is 2.82. The van der Waals surface area contributed by atoms with E-state index in [1.54, 1.807) is 11.0 Å². The maximum absolute atomic E-state index is 12.6. The first kappa shape index (κ1) is 18.6. The van der Waals surface area contributed by atoms with E-state index in [1.807, 2.05) is 55.1 Å². The van der Waals surface area contributed by atoms with Crippen molar-refractivity contribution in [3.8, 4) is 0 Å². The van der Waals surface area contributed by atoms with Crippen LogP contribution in [0.1, 0.15) is 16.2 Å². The lowest BCUT2D eigenvalue weighted by molar-refractivity contribution is -0.118. The van der Waals surface area contributed by atoms with E-state index < -0.39 is 0 Å². The van der Waals surface area contributed by atoms with Crippen molar-refractivity contribution in [1.82, 2.24) is 14.9 Å². The van der Waals surface area contributed by atoms with Crippen LogP contribution in [0.15, 0.2) is 30.3 Å². The maximum Gasteiger partial charge on any atom is 0.274 e. The zero-order valence-electron chi connectivity index (χ0n) is 15.8. The smallest absolute Gasteiger partial charge is 0.274 e. The van der Waals surface area contributed by atoms with Crippen molar-refractivity contribution < 1.29 is 9.59 Å². The van der Waals surface area contributed by atoms with Crippen molar-refractivity contribution in [1.29, 1.82) is 0 Å². The highest BCUT2D eigenvalue weighted by atomic mass is 16.2. The molecule has 2 aromatic rings. The third-order valence-electron chi connectivity index (χ3n) is 4.46. The van der Waals surface area contributed by atoms with Gasteiger partial charge in [-0.15, -0.1) is 0 Å². The van der Waals surface area contributed by atoms with Crippen molar-refractivity contribution in [3.05, 3.63) is 41.7 Å². The molecule has 0 bridgehead atoms. The predicted octanol–water partition coefficient (Wildman–Crippen LogP) is 1.38. The van der Waals surface area contributed by atoms with Gasteiger partial charge in [-0.25, -0.2) is 9.97 Å². The molecule has 0 saturated carbocycles. The molecule has 8 nitrogen and oxygen atoms in total. The number of piperazine rings is 1. The van der Waals surface area contributed by atoms with Gasteiger partial charge in [0.15, 0.2) is 0 Å². The fraction of sp³-hybridized carbons (Fsp3) is 0.368. The van der Waals surface area contributed by atoms with Gasteiger partial charge in [-0.05, 0) is 37.3 Å². The quantitative estimate of drug-likeness (QED) is 0.803. The van der Waals surface area contributed by atoms with Gasteiger partial charge in [0.1, 0.15) is 5.69 Å². The summed E-state index contributed by atoms with van der Waals surface area (Å²) in [6.45, 7) is 4.39. The Morgan fingerprint density at radius 1 is 1.11 bits per heavy atom. The lowest BCUT2D eigenvalue weighted by Gasteiger charge is -2.32. The fourth-order valence-corrected chi connectivity index (χ4v) is 2.88. The average molecular weight is 368 g/mol. The fourth-order valence-electron chi connectivity index (χ4n) is 2.88. The number of hydrogen-bond donors (Lipinski definition) is 1. The third kappa shape index (κ3) is 4.52. The molecule has 27 heavy (non-hydrogen) atoms. The number of rotatable bonds is 5. The highest BCUT2D eigenvalue weighted by molar-refractivity contribution is 6.03. The number of carbonyl (C=O) groups is 2. The summed E-state index contributed by atoms with van der Waals surface area (Å²) in [6, 6.07) is 9.29. The first-order valence-electron chi connectivity index (χ1n) is 8.85. The number of hydrogen-bond acceptors (Lipinski definition) is 6. The van der Waals surface area contributed by atoms with E-state index in [-0.39, 0.29) is 5.91 Å². The Hall–Kier alpha value is -3.16. The van der Waals surface area contributed by atoms with E-state index in [9.17, 15) is 9.59 Å². The molecule has 0 unspecified atom stereocenters. The van der Waals surface area contributed by atoms with E-state index in [2.05, 4.69) is 15.3 Å². The number of anilines is 3. The predicted molar refractivity (Wildman–Crippen MR) is 105 cm³/mol. The molecule has 1 fully saturated rings. The number of amides is 2. The summed E-state index contributed by atoms with van der Waals surface area (Å²) >= 11 is 0. The van der Waals surface area contributed by atoms with Crippen LogP contribution in [0, 0.1) is 6.92 Å². The number of benzene rings is 1. The molecule has 1 aromatic carbocycles. The number of nitrogens with one attached hydrogen (secondary N) is 1. The first-order chi connectivity index (χ1) is 13.0. The van der Waals surface area contributed by atoms with Gasteiger partial charge in [-0.3, -0.25) is 9.59 Å². The molecule has 0 spiro atoms. The second-order valence-electron chi connectivity index (χ2n) is 6.72. The molecule has 1 saturated heterocycles. The van der Waals surface area contributed by atoms with Gasteiger partial charge >= 0.3 is 0 Å². The summed E-state index contributed by atoms with van der Waals surface area (Å²) in [5.74, 6) is 0.250. The first-order valence-corrected chi connectivity index (χ1v) is 8.85. The number of aryl methyl sites for hydroxylation is 1. The molecule has 1 N–H and O–H groups in total. The minimum atomic E-state index is -0.272. The van der Waals surface area contributed by atoms with Crippen molar-refractivity contribution in [2.75, 3.05) is 55.4 Å². The molecular weight excluding hydrogens is 344 g/mol. The molecule has 142 valence electrons. The lowest BCUT2D eigenvalue weighted by atomic mass is 10.2. The number of nitrogens with zero attached hydrogens (tertiary/aromatic N) is 5. The molecule has 0 radical (unpaired) electrons.